The highest BCUT2D eigenvalue weighted by molar-refractivity contribution is 8.32. The van der Waals surface area contributed by atoms with Gasteiger partial charge in [-0.15, -0.1) is 0 Å². The molecule has 7 rings (SSSR count). The summed E-state index contributed by atoms with van der Waals surface area (Å²) in [5, 5.41) is 11.8. The van der Waals surface area contributed by atoms with E-state index >= 15 is 0 Å². The van der Waals surface area contributed by atoms with Gasteiger partial charge in [-0.05, 0) is 99.4 Å². The summed E-state index contributed by atoms with van der Waals surface area (Å²) in [6, 6.07) is 41.0. The molecule has 4 nitrogen and oxygen atoms in total. The number of imidazole rings is 1. The first-order valence-corrected chi connectivity index (χ1v) is 21.2. The number of nitrogens with zero attached hydrogens (tertiary/aromatic N) is 3. The van der Waals surface area contributed by atoms with E-state index in [4.69, 9.17) is 9.97 Å². The van der Waals surface area contributed by atoms with E-state index < -0.39 is 10.0 Å². The second kappa shape index (κ2) is 13.4. The number of fused-ring (bicyclic) bond motifs is 1. The number of aromatic nitrogens is 3. The molecule has 53 heavy (non-hydrogen) atoms. The fraction of sp³-hybridized carbons (Fsp3) is 0.250. The summed E-state index contributed by atoms with van der Waals surface area (Å²) in [4.78, 5) is 11.8. The lowest BCUT2D eigenvalue weighted by Gasteiger charge is -2.28. The molecule has 270 valence electrons. The second-order valence-corrected chi connectivity index (χ2v) is 21.1. The lowest BCUT2D eigenvalue weighted by Crippen LogP contribution is -2.17. The summed E-state index contributed by atoms with van der Waals surface area (Å²) in [6.07, 6.45) is 9.08. The third-order valence-corrected chi connectivity index (χ3v) is 11.8. The summed E-state index contributed by atoms with van der Waals surface area (Å²) in [5.41, 5.74) is 13.2. The highest BCUT2D eigenvalue weighted by Gasteiger charge is 2.28. The van der Waals surface area contributed by atoms with Gasteiger partial charge >= 0.3 is 0 Å². The minimum atomic E-state index is -1.05. The number of para-hydroxylation sites is 1. The number of aromatic hydroxyl groups is 1. The van der Waals surface area contributed by atoms with Gasteiger partial charge in [0.2, 0.25) is 0 Å². The number of phenols is 1. The third-order valence-electron chi connectivity index (χ3n) is 10.2. The predicted octanol–water partition coefficient (Wildman–Crippen LogP) is 12.7. The Hall–Kier alpha value is -5.13. The summed E-state index contributed by atoms with van der Waals surface area (Å²) in [6.45, 7) is 13.1. The standard InChI is InChI=1S/C48H51N3OS/c1-47(2,3)36-27-39(45(52)40(28-36)48(4,5)6)46-50-44-37(22-17-23-42(44)51(46)7)34-24-33(31-18-13-11-14-19-31)25-35(26-34)41-29-38(32-20-15-12-16-21-32)43(30-49-41)53(8,9)10/h11-30,52H,1-10H3. The van der Waals surface area contributed by atoms with Gasteiger partial charge in [0.1, 0.15) is 11.6 Å². The summed E-state index contributed by atoms with van der Waals surface area (Å²) in [7, 11) is 1.00. The van der Waals surface area contributed by atoms with Crippen molar-refractivity contribution in [3.8, 4) is 61.8 Å². The molecule has 0 spiro atoms. The molecule has 0 unspecified atom stereocenters. The third kappa shape index (κ3) is 7.03. The number of hydrogen-bond acceptors (Lipinski definition) is 3. The first-order chi connectivity index (χ1) is 25.0. The molecule has 0 bridgehead atoms. The molecular weight excluding hydrogens is 667 g/mol. The van der Waals surface area contributed by atoms with Crippen LogP contribution >= 0.6 is 10.0 Å². The molecule has 5 aromatic carbocycles. The smallest absolute Gasteiger partial charge is 0.144 e. The highest BCUT2D eigenvalue weighted by Crippen LogP contribution is 2.50. The van der Waals surface area contributed by atoms with Crippen molar-refractivity contribution in [1.82, 2.24) is 14.5 Å². The fourth-order valence-electron chi connectivity index (χ4n) is 7.16. The van der Waals surface area contributed by atoms with Crippen LogP contribution in [0.25, 0.3) is 67.1 Å². The maximum absolute atomic E-state index is 11.8. The first-order valence-electron chi connectivity index (χ1n) is 18.3. The number of aryl methyl sites for hydroxylation is 1. The van der Waals surface area contributed by atoms with E-state index in [-0.39, 0.29) is 10.8 Å². The maximum Gasteiger partial charge on any atom is 0.144 e. The van der Waals surface area contributed by atoms with Crippen LogP contribution in [0.5, 0.6) is 5.75 Å². The van der Waals surface area contributed by atoms with Crippen LogP contribution in [0.1, 0.15) is 52.7 Å². The van der Waals surface area contributed by atoms with E-state index in [2.05, 4.69) is 186 Å². The monoisotopic (exact) mass is 717 g/mol. The molecule has 7 aromatic rings. The largest absolute Gasteiger partial charge is 0.507 e. The summed E-state index contributed by atoms with van der Waals surface area (Å²) in [5.74, 6) is 1.04. The van der Waals surface area contributed by atoms with Crippen LogP contribution in [0.2, 0.25) is 0 Å². The lowest BCUT2D eigenvalue weighted by atomic mass is 9.79. The Labute approximate surface area is 316 Å². The summed E-state index contributed by atoms with van der Waals surface area (Å²) >= 11 is 0. The van der Waals surface area contributed by atoms with Gasteiger partial charge in [0.05, 0.1) is 22.3 Å². The molecular formula is C48H51N3OS. The minimum Gasteiger partial charge on any atom is -0.507 e. The van der Waals surface area contributed by atoms with Crippen molar-refractivity contribution in [3.63, 3.8) is 0 Å². The van der Waals surface area contributed by atoms with Crippen molar-refractivity contribution in [1.29, 1.82) is 0 Å². The number of rotatable bonds is 6. The lowest BCUT2D eigenvalue weighted by molar-refractivity contribution is 0.446. The van der Waals surface area contributed by atoms with E-state index in [0.717, 1.165) is 61.5 Å². The maximum atomic E-state index is 11.8. The van der Waals surface area contributed by atoms with Crippen LogP contribution in [0.15, 0.2) is 126 Å². The van der Waals surface area contributed by atoms with Gasteiger partial charge < -0.3 is 9.67 Å². The van der Waals surface area contributed by atoms with Gasteiger partial charge in [-0.3, -0.25) is 4.98 Å². The summed E-state index contributed by atoms with van der Waals surface area (Å²) < 4.78 is 2.12. The first kappa shape index (κ1) is 36.2. The van der Waals surface area contributed by atoms with E-state index in [0.29, 0.717) is 5.75 Å². The Morgan fingerprint density at radius 2 is 1.21 bits per heavy atom. The highest BCUT2D eigenvalue weighted by atomic mass is 32.3. The Morgan fingerprint density at radius 1 is 0.585 bits per heavy atom. The molecule has 5 heteroatoms. The molecule has 0 saturated heterocycles. The number of hydrogen-bond donors (Lipinski definition) is 1. The van der Waals surface area contributed by atoms with Crippen LogP contribution in [0, 0.1) is 0 Å². The second-order valence-electron chi connectivity index (χ2n) is 17.0. The molecule has 0 aliphatic carbocycles. The van der Waals surface area contributed by atoms with Crippen LogP contribution < -0.4 is 0 Å². The topological polar surface area (TPSA) is 50.9 Å². The van der Waals surface area contributed by atoms with E-state index in [1.807, 2.05) is 7.05 Å². The quantitative estimate of drug-likeness (QED) is 0.186. The van der Waals surface area contributed by atoms with Crippen LogP contribution in [-0.2, 0) is 17.9 Å². The van der Waals surface area contributed by atoms with E-state index in [1.165, 1.54) is 21.6 Å². The number of phenolic OH excluding ortho intramolecular Hbond substituents is 1. The van der Waals surface area contributed by atoms with Crippen molar-refractivity contribution in [2.45, 2.75) is 57.3 Å². The normalized spacial score (nSPS) is 12.7. The zero-order chi connectivity index (χ0) is 37.9. The van der Waals surface area contributed by atoms with Gasteiger partial charge in [-0.25, -0.2) is 15.0 Å². The molecule has 0 aliphatic rings. The fourth-order valence-corrected chi connectivity index (χ4v) is 8.36. The van der Waals surface area contributed by atoms with Crippen molar-refractivity contribution < 1.29 is 5.11 Å². The van der Waals surface area contributed by atoms with Crippen LogP contribution in [0.3, 0.4) is 0 Å². The van der Waals surface area contributed by atoms with Crippen molar-refractivity contribution >= 4 is 21.1 Å². The van der Waals surface area contributed by atoms with Crippen LogP contribution in [0.4, 0.5) is 0 Å². The molecule has 1 N–H and O–H groups in total. The molecule has 2 heterocycles. The van der Waals surface area contributed by atoms with Crippen LogP contribution in [-0.4, -0.2) is 38.4 Å². The van der Waals surface area contributed by atoms with Gasteiger partial charge in [0, 0.05) is 34.8 Å². The van der Waals surface area contributed by atoms with Gasteiger partial charge in [-0.2, -0.15) is 0 Å². The predicted molar refractivity (Wildman–Crippen MR) is 228 cm³/mol. The Morgan fingerprint density at radius 3 is 1.83 bits per heavy atom. The van der Waals surface area contributed by atoms with E-state index in [1.54, 1.807) is 0 Å². The van der Waals surface area contributed by atoms with Crippen molar-refractivity contribution in [2.75, 3.05) is 18.8 Å². The zero-order valence-electron chi connectivity index (χ0n) is 32.7. The van der Waals surface area contributed by atoms with Gasteiger partial charge in [0.15, 0.2) is 0 Å². The molecule has 0 radical (unpaired) electrons. The SMILES string of the molecule is Cn1c(-c2cc(C(C)(C)C)cc(C(C)(C)C)c2O)nc2c(-c3cc(-c4ccccc4)cc(-c4cc(-c5ccccc5)c(S(C)(C)C)cn4)c3)cccc21. The molecule has 0 aliphatic heterocycles. The average Bonchev–Trinajstić information content (AvgIpc) is 3.46. The Bertz CT molecular complexity index is 2460. The number of benzene rings is 5. The van der Waals surface area contributed by atoms with Gasteiger partial charge in [-0.1, -0.05) is 120 Å². The van der Waals surface area contributed by atoms with Gasteiger partial charge in [0.25, 0.3) is 0 Å². The number of pyridine rings is 1. The molecule has 2 aromatic heterocycles. The minimum absolute atomic E-state index is 0.104. The molecule has 0 fully saturated rings. The Kier molecular flexibility index (Phi) is 9.14. The molecule has 0 saturated carbocycles. The van der Waals surface area contributed by atoms with Crippen molar-refractivity contribution in [2.24, 2.45) is 7.05 Å². The molecule has 0 atom stereocenters. The van der Waals surface area contributed by atoms with Crippen molar-refractivity contribution in [3.05, 3.63) is 133 Å². The van der Waals surface area contributed by atoms with E-state index in [9.17, 15) is 5.11 Å². The average molecular weight is 718 g/mol. The molecule has 0 amide bonds. The Balaban J connectivity index is 1.46. The zero-order valence-corrected chi connectivity index (χ0v) is 33.6.